The summed E-state index contributed by atoms with van der Waals surface area (Å²) in [5.41, 5.74) is 0. The number of carboxylic acids is 1. The monoisotopic (exact) mass is 296 g/mol. The highest BCUT2D eigenvalue weighted by molar-refractivity contribution is 5.76. The Bertz CT molecular complexity index is 367. The molecular weight excluding hydrogens is 268 g/mol. The molecule has 1 amide bonds. The van der Waals surface area contributed by atoms with E-state index in [0.717, 1.165) is 25.4 Å². The summed E-state index contributed by atoms with van der Waals surface area (Å²) in [5.74, 6) is 0.214. The summed E-state index contributed by atoms with van der Waals surface area (Å²) >= 11 is 0. The lowest BCUT2D eigenvalue weighted by atomic mass is 9.91. The maximum Gasteiger partial charge on any atom is 0.303 e. The third kappa shape index (κ3) is 4.99. The van der Waals surface area contributed by atoms with E-state index in [-0.39, 0.29) is 24.3 Å². The van der Waals surface area contributed by atoms with Gasteiger partial charge >= 0.3 is 5.97 Å². The van der Waals surface area contributed by atoms with Gasteiger partial charge in [-0.3, -0.25) is 9.59 Å². The number of piperidine rings is 1. The van der Waals surface area contributed by atoms with E-state index in [1.165, 1.54) is 25.7 Å². The lowest BCUT2D eigenvalue weighted by molar-refractivity contribution is -0.141. The zero-order chi connectivity index (χ0) is 15.2. The molecule has 2 unspecified atom stereocenters. The van der Waals surface area contributed by atoms with Crippen molar-refractivity contribution < 1.29 is 14.7 Å². The Morgan fingerprint density at radius 1 is 1.19 bits per heavy atom. The average molecular weight is 296 g/mol. The molecule has 0 aromatic carbocycles. The molecule has 1 aliphatic carbocycles. The second kappa shape index (κ2) is 7.78. The lowest BCUT2D eigenvalue weighted by Gasteiger charge is -2.38. The molecular formula is C16H28N2O3. The van der Waals surface area contributed by atoms with Crippen molar-refractivity contribution in [2.24, 2.45) is 11.8 Å². The minimum Gasteiger partial charge on any atom is -0.481 e. The summed E-state index contributed by atoms with van der Waals surface area (Å²) in [6, 6.07) is 0.249. The van der Waals surface area contributed by atoms with Gasteiger partial charge in [-0.2, -0.15) is 0 Å². The van der Waals surface area contributed by atoms with E-state index in [1.807, 2.05) is 11.8 Å². The number of carbonyl (C=O) groups excluding carboxylic acids is 1. The first-order valence-electron chi connectivity index (χ1n) is 8.31. The van der Waals surface area contributed by atoms with Gasteiger partial charge in [0.05, 0.1) is 0 Å². The topological polar surface area (TPSA) is 69.6 Å². The van der Waals surface area contributed by atoms with Crippen LogP contribution in [0.4, 0.5) is 0 Å². The second-order valence-electron chi connectivity index (χ2n) is 6.61. The predicted octanol–water partition coefficient (Wildman–Crippen LogP) is 1.87. The highest BCUT2D eigenvalue weighted by atomic mass is 16.4. The fourth-order valence-electron chi connectivity index (χ4n) is 3.72. The van der Waals surface area contributed by atoms with Gasteiger partial charge < -0.3 is 15.3 Å². The Balaban J connectivity index is 1.88. The average Bonchev–Trinajstić information content (AvgIpc) is 2.96. The van der Waals surface area contributed by atoms with E-state index in [9.17, 15) is 9.59 Å². The molecule has 2 rings (SSSR count). The molecule has 2 fully saturated rings. The van der Waals surface area contributed by atoms with Crippen molar-refractivity contribution in [3.05, 3.63) is 0 Å². The van der Waals surface area contributed by atoms with Crippen LogP contribution in [0.5, 0.6) is 0 Å². The zero-order valence-electron chi connectivity index (χ0n) is 13.0. The number of amides is 1. The SMILES string of the molecule is CCC(=O)N1CC(CC(=O)O)CC(NCC2CCCC2)C1. The van der Waals surface area contributed by atoms with Gasteiger partial charge in [-0.15, -0.1) is 0 Å². The van der Waals surface area contributed by atoms with E-state index >= 15 is 0 Å². The number of likely N-dealkylation sites (tertiary alicyclic amines) is 1. The van der Waals surface area contributed by atoms with E-state index in [0.29, 0.717) is 13.0 Å². The number of nitrogens with one attached hydrogen (secondary N) is 1. The molecule has 0 radical (unpaired) electrons. The van der Waals surface area contributed by atoms with Crippen molar-refractivity contribution in [2.45, 2.75) is 57.9 Å². The number of aliphatic carboxylic acids is 1. The van der Waals surface area contributed by atoms with Gasteiger partial charge in [-0.05, 0) is 37.6 Å². The standard InChI is InChI=1S/C16H28N2O3/c1-2-15(19)18-10-13(8-16(20)21)7-14(11-18)17-9-12-5-3-4-6-12/h12-14,17H,2-11H2,1H3,(H,20,21). The van der Waals surface area contributed by atoms with Gasteiger partial charge in [0, 0.05) is 32.0 Å². The quantitative estimate of drug-likeness (QED) is 0.785. The molecule has 1 saturated heterocycles. The van der Waals surface area contributed by atoms with Crippen molar-refractivity contribution >= 4 is 11.9 Å². The Morgan fingerprint density at radius 3 is 2.52 bits per heavy atom. The Hall–Kier alpha value is -1.10. The van der Waals surface area contributed by atoms with Crippen LogP contribution < -0.4 is 5.32 Å². The van der Waals surface area contributed by atoms with Crippen LogP contribution >= 0.6 is 0 Å². The number of hydrogen-bond donors (Lipinski definition) is 2. The highest BCUT2D eigenvalue weighted by Gasteiger charge is 2.30. The van der Waals surface area contributed by atoms with Gasteiger partial charge in [0.2, 0.25) is 5.91 Å². The largest absolute Gasteiger partial charge is 0.481 e. The highest BCUT2D eigenvalue weighted by Crippen LogP contribution is 2.25. The maximum atomic E-state index is 12.0. The molecule has 1 aliphatic heterocycles. The third-order valence-electron chi connectivity index (χ3n) is 4.83. The number of rotatable bonds is 6. The number of nitrogens with zero attached hydrogens (tertiary/aromatic N) is 1. The molecule has 2 atom stereocenters. The normalized spacial score (nSPS) is 27.0. The van der Waals surface area contributed by atoms with E-state index < -0.39 is 5.97 Å². The van der Waals surface area contributed by atoms with Crippen LogP contribution in [0.1, 0.15) is 51.9 Å². The molecule has 1 saturated carbocycles. The number of carboxylic acid groups (broad SMARTS) is 1. The smallest absolute Gasteiger partial charge is 0.303 e. The van der Waals surface area contributed by atoms with E-state index in [4.69, 9.17) is 5.11 Å². The van der Waals surface area contributed by atoms with Crippen molar-refractivity contribution in [3.63, 3.8) is 0 Å². The molecule has 0 bridgehead atoms. The summed E-state index contributed by atoms with van der Waals surface area (Å²) in [5, 5.41) is 12.6. The van der Waals surface area contributed by atoms with Crippen LogP contribution in [-0.4, -0.2) is 47.6 Å². The minimum absolute atomic E-state index is 0.0767. The van der Waals surface area contributed by atoms with Crippen LogP contribution in [0.3, 0.4) is 0 Å². The number of hydrogen-bond acceptors (Lipinski definition) is 3. The van der Waals surface area contributed by atoms with Crippen molar-refractivity contribution in [3.8, 4) is 0 Å². The maximum absolute atomic E-state index is 12.0. The minimum atomic E-state index is -0.764. The molecule has 5 heteroatoms. The van der Waals surface area contributed by atoms with Gasteiger partial charge in [0.25, 0.3) is 0 Å². The Labute approximate surface area is 127 Å². The van der Waals surface area contributed by atoms with Gasteiger partial charge in [0.15, 0.2) is 0 Å². The zero-order valence-corrected chi connectivity index (χ0v) is 13.0. The first-order chi connectivity index (χ1) is 10.1. The predicted molar refractivity (Wildman–Crippen MR) is 81.0 cm³/mol. The third-order valence-corrected chi connectivity index (χ3v) is 4.83. The summed E-state index contributed by atoms with van der Waals surface area (Å²) in [7, 11) is 0. The molecule has 2 N–H and O–H groups in total. The second-order valence-corrected chi connectivity index (χ2v) is 6.61. The molecule has 5 nitrogen and oxygen atoms in total. The summed E-state index contributed by atoms with van der Waals surface area (Å²) in [6.07, 6.45) is 6.79. The van der Waals surface area contributed by atoms with Crippen LogP contribution in [0.25, 0.3) is 0 Å². The van der Waals surface area contributed by atoms with E-state index in [1.54, 1.807) is 0 Å². The molecule has 21 heavy (non-hydrogen) atoms. The fourth-order valence-corrected chi connectivity index (χ4v) is 3.72. The molecule has 1 heterocycles. The fraction of sp³-hybridized carbons (Fsp3) is 0.875. The Kier molecular flexibility index (Phi) is 6.03. The van der Waals surface area contributed by atoms with Crippen molar-refractivity contribution in [1.82, 2.24) is 10.2 Å². The molecule has 0 spiro atoms. The van der Waals surface area contributed by atoms with Crippen LogP contribution in [-0.2, 0) is 9.59 Å². The van der Waals surface area contributed by atoms with Crippen LogP contribution in [0.2, 0.25) is 0 Å². The molecule has 2 aliphatic rings. The van der Waals surface area contributed by atoms with Crippen molar-refractivity contribution in [1.29, 1.82) is 0 Å². The first-order valence-corrected chi connectivity index (χ1v) is 8.31. The summed E-state index contributed by atoms with van der Waals surface area (Å²) < 4.78 is 0. The van der Waals surface area contributed by atoms with Gasteiger partial charge in [0.1, 0.15) is 0 Å². The first kappa shape index (κ1) is 16.3. The van der Waals surface area contributed by atoms with Gasteiger partial charge in [-0.25, -0.2) is 0 Å². The van der Waals surface area contributed by atoms with Crippen LogP contribution in [0, 0.1) is 11.8 Å². The molecule has 0 aromatic heterocycles. The van der Waals surface area contributed by atoms with E-state index in [2.05, 4.69) is 5.32 Å². The van der Waals surface area contributed by atoms with Crippen molar-refractivity contribution in [2.75, 3.05) is 19.6 Å². The molecule has 120 valence electrons. The summed E-state index contributed by atoms with van der Waals surface area (Å²) in [6.45, 7) is 4.21. The molecule has 0 aromatic rings. The van der Waals surface area contributed by atoms with Crippen LogP contribution in [0.15, 0.2) is 0 Å². The lowest BCUT2D eigenvalue weighted by Crippen LogP contribution is -2.52. The summed E-state index contributed by atoms with van der Waals surface area (Å²) in [4.78, 5) is 24.8. The van der Waals surface area contributed by atoms with Gasteiger partial charge in [-0.1, -0.05) is 19.8 Å². The number of carbonyl (C=O) groups is 2. The Morgan fingerprint density at radius 2 is 1.90 bits per heavy atom.